The van der Waals surface area contributed by atoms with E-state index in [0.717, 1.165) is 10.8 Å². The number of ether oxygens (including phenoxy) is 3. The van der Waals surface area contributed by atoms with Crippen LogP contribution >= 0.6 is 7.75 Å². The lowest BCUT2D eigenvalue weighted by atomic mass is 10.1. The van der Waals surface area contributed by atoms with Crippen molar-refractivity contribution in [1.82, 2.24) is 14.6 Å². The van der Waals surface area contributed by atoms with Crippen LogP contribution in [0.2, 0.25) is 0 Å². The molecule has 0 amide bonds. The molecule has 0 radical (unpaired) electrons. The van der Waals surface area contributed by atoms with Gasteiger partial charge in [-0.05, 0) is 43.7 Å². The summed E-state index contributed by atoms with van der Waals surface area (Å²) >= 11 is 0. The normalized spacial score (nSPS) is 19.9. The third-order valence-electron chi connectivity index (χ3n) is 5.51. The van der Waals surface area contributed by atoms with Crippen molar-refractivity contribution in [2.24, 2.45) is 0 Å². The van der Waals surface area contributed by atoms with Crippen LogP contribution in [0.15, 0.2) is 58.3 Å². The van der Waals surface area contributed by atoms with Gasteiger partial charge in [-0.2, -0.15) is 5.09 Å². The number of aromatic nitrogens is 2. The molecule has 0 bridgehead atoms. The van der Waals surface area contributed by atoms with E-state index in [0.29, 0.717) is 5.56 Å². The van der Waals surface area contributed by atoms with Crippen molar-refractivity contribution < 1.29 is 32.6 Å². The number of fused-ring (bicyclic) bond motifs is 1. The van der Waals surface area contributed by atoms with Crippen molar-refractivity contribution in [3.63, 3.8) is 0 Å². The van der Waals surface area contributed by atoms with Crippen molar-refractivity contribution >= 4 is 24.5 Å². The van der Waals surface area contributed by atoms with E-state index >= 15 is 0 Å². The molecule has 37 heavy (non-hydrogen) atoms. The molecule has 1 aliphatic rings. The van der Waals surface area contributed by atoms with Gasteiger partial charge in [0, 0.05) is 11.8 Å². The highest BCUT2D eigenvalue weighted by Crippen LogP contribution is 2.46. The van der Waals surface area contributed by atoms with Crippen LogP contribution in [-0.2, 0) is 28.1 Å². The number of hydrogen-bond donors (Lipinski definition) is 2. The Morgan fingerprint density at radius 2 is 2.00 bits per heavy atom. The molecule has 1 aliphatic heterocycles. The van der Waals surface area contributed by atoms with Gasteiger partial charge < -0.3 is 18.7 Å². The minimum atomic E-state index is -4.15. The monoisotopic (exact) mass is 533 g/mol. The van der Waals surface area contributed by atoms with E-state index in [1.54, 1.807) is 26.0 Å². The molecule has 4 rings (SSSR count). The molecule has 1 aromatic heterocycles. The SMILES string of the molecule is CCOC(=O)C(C)NP(=O)(OC[C@@H]1OC[C@H](n2cc(C)c(=O)[nH]c2=O)O1)Oc1ccc2ccccc2c1. The molecule has 2 heterocycles. The number of carbonyl (C=O) groups excluding carboxylic acids is 1. The molecule has 2 aromatic carbocycles. The topological polar surface area (TPSA) is 147 Å². The highest BCUT2D eigenvalue weighted by Gasteiger charge is 2.36. The first kappa shape index (κ1) is 26.8. The Morgan fingerprint density at radius 3 is 2.76 bits per heavy atom. The van der Waals surface area contributed by atoms with Crippen LogP contribution in [0.3, 0.4) is 0 Å². The number of benzene rings is 2. The maximum Gasteiger partial charge on any atom is 0.459 e. The molecular weight excluding hydrogens is 505 g/mol. The van der Waals surface area contributed by atoms with Gasteiger partial charge in [0.1, 0.15) is 18.4 Å². The summed E-state index contributed by atoms with van der Waals surface area (Å²) in [4.78, 5) is 38.2. The van der Waals surface area contributed by atoms with Crippen molar-refractivity contribution in [2.45, 2.75) is 39.3 Å². The second-order valence-electron chi connectivity index (χ2n) is 8.33. The van der Waals surface area contributed by atoms with Gasteiger partial charge in [-0.3, -0.25) is 23.7 Å². The fourth-order valence-electron chi connectivity index (χ4n) is 3.65. The highest BCUT2D eigenvalue weighted by atomic mass is 31.2. The van der Waals surface area contributed by atoms with Crippen LogP contribution in [0, 0.1) is 6.92 Å². The van der Waals surface area contributed by atoms with Crippen molar-refractivity contribution in [3.05, 3.63) is 75.1 Å². The Kier molecular flexibility index (Phi) is 8.25. The van der Waals surface area contributed by atoms with Gasteiger partial charge in [0.25, 0.3) is 5.56 Å². The quantitative estimate of drug-likeness (QED) is 0.294. The number of aromatic amines is 1. The van der Waals surface area contributed by atoms with Crippen LogP contribution in [0.5, 0.6) is 5.75 Å². The average molecular weight is 533 g/mol. The number of nitrogens with one attached hydrogen (secondary N) is 2. The van der Waals surface area contributed by atoms with Gasteiger partial charge in [-0.15, -0.1) is 0 Å². The average Bonchev–Trinajstić information content (AvgIpc) is 3.34. The molecule has 0 saturated carbocycles. The molecule has 2 N–H and O–H groups in total. The molecular formula is C24H28N3O9P. The largest absolute Gasteiger partial charge is 0.465 e. The van der Waals surface area contributed by atoms with E-state index in [1.165, 1.54) is 17.7 Å². The van der Waals surface area contributed by atoms with E-state index in [9.17, 15) is 18.9 Å². The Morgan fingerprint density at radius 1 is 1.24 bits per heavy atom. The van der Waals surface area contributed by atoms with E-state index in [2.05, 4.69) is 10.1 Å². The summed E-state index contributed by atoms with van der Waals surface area (Å²) < 4.78 is 42.5. The summed E-state index contributed by atoms with van der Waals surface area (Å²) in [5, 5.41) is 4.42. The lowest BCUT2D eigenvalue weighted by molar-refractivity contribution is -0.144. The number of esters is 1. The predicted octanol–water partition coefficient (Wildman–Crippen LogP) is 2.61. The van der Waals surface area contributed by atoms with E-state index in [-0.39, 0.29) is 25.6 Å². The minimum absolute atomic E-state index is 0.0120. The number of carbonyl (C=O) groups is 1. The third-order valence-corrected chi connectivity index (χ3v) is 7.15. The molecule has 12 nitrogen and oxygen atoms in total. The van der Waals surface area contributed by atoms with Gasteiger partial charge in [0.05, 0.1) is 13.2 Å². The fraction of sp³-hybridized carbons (Fsp3) is 0.375. The van der Waals surface area contributed by atoms with Crippen LogP contribution < -0.4 is 20.9 Å². The van der Waals surface area contributed by atoms with E-state index in [4.69, 9.17) is 23.3 Å². The molecule has 2 unspecified atom stereocenters. The fourth-order valence-corrected chi connectivity index (χ4v) is 5.11. The number of rotatable bonds is 10. The van der Waals surface area contributed by atoms with Crippen LogP contribution in [-0.4, -0.2) is 47.7 Å². The molecule has 0 spiro atoms. The summed E-state index contributed by atoms with van der Waals surface area (Å²) in [6.45, 7) is 4.48. The van der Waals surface area contributed by atoms with E-state index in [1.807, 2.05) is 30.3 Å². The summed E-state index contributed by atoms with van der Waals surface area (Å²) in [7, 11) is -4.15. The predicted molar refractivity (Wildman–Crippen MR) is 133 cm³/mol. The lowest BCUT2D eigenvalue weighted by Gasteiger charge is -2.24. The Hall–Kier alpha value is -3.28. The van der Waals surface area contributed by atoms with Gasteiger partial charge in [0.2, 0.25) is 0 Å². The van der Waals surface area contributed by atoms with Crippen LogP contribution in [0.25, 0.3) is 10.8 Å². The van der Waals surface area contributed by atoms with Crippen LogP contribution in [0.4, 0.5) is 0 Å². The number of hydrogen-bond acceptors (Lipinski definition) is 9. The Balaban J connectivity index is 1.49. The summed E-state index contributed by atoms with van der Waals surface area (Å²) in [6, 6.07) is 11.7. The molecule has 4 atom stereocenters. The summed E-state index contributed by atoms with van der Waals surface area (Å²) in [6.07, 6.45) is -0.462. The molecule has 0 aliphatic carbocycles. The molecule has 13 heteroatoms. The minimum Gasteiger partial charge on any atom is -0.465 e. The van der Waals surface area contributed by atoms with Gasteiger partial charge in [-0.1, -0.05) is 30.3 Å². The maximum absolute atomic E-state index is 13.7. The number of nitrogens with zero attached hydrogens (tertiary/aromatic N) is 1. The van der Waals surface area contributed by atoms with Crippen molar-refractivity contribution in [3.8, 4) is 5.75 Å². The standard InChI is InChI=1S/C24H28N3O9P/c1-4-32-23(29)16(3)26-37(31,36-19-10-9-17-7-5-6-8-18(17)11-19)34-14-21-33-13-20(35-21)27-12-15(2)22(28)25-24(27)30/h5-12,16,20-21H,4,13-14H2,1-3H3,(H,26,31)(H,25,28,30)/t16?,20-,21-,37?/m1/s1. The molecule has 3 aromatic rings. The highest BCUT2D eigenvalue weighted by molar-refractivity contribution is 7.52. The number of H-pyrrole nitrogens is 1. The van der Waals surface area contributed by atoms with Crippen molar-refractivity contribution in [1.29, 1.82) is 0 Å². The smallest absolute Gasteiger partial charge is 0.459 e. The summed E-state index contributed by atoms with van der Waals surface area (Å²) in [5.41, 5.74) is -0.817. The number of aryl methyl sites for hydroxylation is 1. The summed E-state index contributed by atoms with van der Waals surface area (Å²) in [5.74, 6) is -0.373. The first-order valence-corrected chi connectivity index (χ1v) is 13.2. The zero-order valence-electron chi connectivity index (χ0n) is 20.5. The second kappa shape index (κ2) is 11.4. The Bertz CT molecular complexity index is 1440. The lowest BCUT2D eigenvalue weighted by Crippen LogP contribution is -2.36. The van der Waals surface area contributed by atoms with Crippen LogP contribution in [0.1, 0.15) is 25.6 Å². The first-order valence-electron chi connectivity index (χ1n) is 11.6. The van der Waals surface area contributed by atoms with Gasteiger partial charge in [0.15, 0.2) is 12.5 Å². The zero-order chi connectivity index (χ0) is 26.6. The van der Waals surface area contributed by atoms with Gasteiger partial charge in [-0.25, -0.2) is 9.36 Å². The van der Waals surface area contributed by atoms with E-state index < -0.39 is 43.5 Å². The zero-order valence-corrected chi connectivity index (χ0v) is 21.4. The first-order chi connectivity index (χ1) is 17.7. The van der Waals surface area contributed by atoms with Crippen molar-refractivity contribution in [2.75, 3.05) is 19.8 Å². The Labute approximate surface area is 212 Å². The maximum atomic E-state index is 13.7. The molecule has 198 valence electrons. The molecule has 1 fully saturated rings. The third kappa shape index (κ3) is 6.54. The molecule has 1 saturated heterocycles. The van der Waals surface area contributed by atoms with Gasteiger partial charge >= 0.3 is 19.4 Å². The second-order valence-corrected chi connectivity index (χ2v) is 10.0.